The Balaban J connectivity index is 1.49. The van der Waals surface area contributed by atoms with E-state index in [4.69, 9.17) is 20.2 Å². The number of fused-ring (bicyclic) bond motifs is 1. The fraction of sp³-hybridized carbons (Fsp3) is 0.280. The van der Waals surface area contributed by atoms with Gasteiger partial charge in [-0.1, -0.05) is 25.3 Å². The minimum Gasteiger partial charge on any atom is -0.494 e. The highest BCUT2D eigenvalue weighted by Gasteiger charge is 2.24. The fourth-order valence-electron chi connectivity index (χ4n) is 4.47. The monoisotopic (exact) mass is 432 g/mol. The molecule has 2 aromatic heterocycles. The maximum Gasteiger partial charge on any atom is 0.207 e. The topological polar surface area (TPSA) is 74.7 Å². The van der Waals surface area contributed by atoms with Crippen molar-refractivity contribution in [1.29, 1.82) is 0 Å². The molecule has 0 spiro atoms. The van der Waals surface area contributed by atoms with Gasteiger partial charge in [-0.15, -0.1) is 0 Å². The summed E-state index contributed by atoms with van der Waals surface area (Å²) in [6.07, 6.45) is 9.67. The van der Waals surface area contributed by atoms with Crippen LogP contribution in [0.25, 0.3) is 16.8 Å². The van der Waals surface area contributed by atoms with E-state index in [9.17, 15) is 4.39 Å². The third-order valence-electron chi connectivity index (χ3n) is 6.08. The van der Waals surface area contributed by atoms with Crippen LogP contribution in [0.2, 0.25) is 0 Å². The Morgan fingerprint density at radius 3 is 2.53 bits per heavy atom. The highest BCUT2D eigenvalue weighted by atomic mass is 19.1. The van der Waals surface area contributed by atoms with E-state index in [-0.39, 0.29) is 11.5 Å². The molecular weight excluding hydrogens is 407 g/mol. The number of imidazole rings is 1. The molecule has 2 N–H and O–H groups in total. The van der Waals surface area contributed by atoms with Crippen molar-refractivity contribution in [3.63, 3.8) is 0 Å². The largest absolute Gasteiger partial charge is 0.494 e. The number of hydrogen-bond acceptors (Lipinski definition) is 5. The van der Waals surface area contributed by atoms with Crippen molar-refractivity contribution in [2.24, 2.45) is 0 Å². The van der Waals surface area contributed by atoms with Gasteiger partial charge in [0.2, 0.25) is 5.82 Å². The van der Waals surface area contributed by atoms with Crippen molar-refractivity contribution in [1.82, 2.24) is 14.4 Å². The maximum atomic E-state index is 14.4. The first-order valence-electron chi connectivity index (χ1n) is 10.9. The van der Waals surface area contributed by atoms with E-state index >= 15 is 0 Å². The second-order valence-corrected chi connectivity index (χ2v) is 8.08. The number of benzene rings is 2. The molecule has 0 radical (unpaired) electrons. The van der Waals surface area contributed by atoms with Crippen LogP contribution in [0.5, 0.6) is 17.2 Å². The summed E-state index contributed by atoms with van der Waals surface area (Å²) in [6, 6.07) is 12.2. The first kappa shape index (κ1) is 20.3. The Morgan fingerprint density at radius 1 is 1.03 bits per heavy atom. The molecule has 1 aliphatic rings. The molecule has 0 atom stereocenters. The first-order valence-corrected chi connectivity index (χ1v) is 10.9. The third-order valence-corrected chi connectivity index (χ3v) is 6.08. The molecule has 4 aromatic rings. The van der Waals surface area contributed by atoms with E-state index in [1.165, 1.54) is 26.4 Å². The molecule has 5 rings (SSSR count). The predicted molar refractivity (Wildman–Crippen MR) is 122 cm³/mol. The van der Waals surface area contributed by atoms with Gasteiger partial charge in [-0.25, -0.2) is 9.97 Å². The van der Waals surface area contributed by atoms with E-state index in [2.05, 4.69) is 9.38 Å². The molecule has 2 aromatic carbocycles. The lowest BCUT2D eigenvalue weighted by Gasteiger charge is -2.20. The van der Waals surface area contributed by atoms with Crippen molar-refractivity contribution >= 4 is 11.3 Å². The van der Waals surface area contributed by atoms with Crippen molar-refractivity contribution in [2.75, 3.05) is 12.8 Å². The van der Waals surface area contributed by atoms with E-state index < -0.39 is 5.82 Å². The van der Waals surface area contributed by atoms with Crippen molar-refractivity contribution in [3.8, 4) is 28.5 Å². The number of anilines is 1. The third kappa shape index (κ3) is 3.64. The van der Waals surface area contributed by atoms with Crippen LogP contribution in [0.1, 0.15) is 43.8 Å². The average molecular weight is 432 g/mol. The van der Waals surface area contributed by atoms with Crippen LogP contribution < -0.4 is 15.2 Å². The highest BCUT2D eigenvalue weighted by Crippen LogP contribution is 2.37. The number of nitrogens with two attached hydrogens (primary N) is 1. The molecule has 1 fully saturated rings. The van der Waals surface area contributed by atoms with Gasteiger partial charge >= 0.3 is 0 Å². The summed E-state index contributed by atoms with van der Waals surface area (Å²) in [4.78, 5) is 9.31. The number of hydrogen-bond donors (Lipinski definition) is 1. The quantitative estimate of drug-likeness (QED) is 0.421. The highest BCUT2D eigenvalue weighted by molar-refractivity contribution is 5.85. The zero-order chi connectivity index (χ0) is 22.1. The number of aromatic nitrogens is 3. The summed E-state index contributed by atoms with van der Waals surface area (Å²) >= 11 is 0. The van der Waals surface area contributed by atoms with Gasteiger partial charge in [0.15, 0.2) is 11.5 Å². The minimum absolute atomic E-state index is 0.109. The van der Waals surface area contributed by atoms with E-state index in [0.29, 0.717) is 17.5 Å². The van der Waals surface area contributed by atoms with Gasteiger partial charge < -0.3 is 15.2 Å². The van der Waals surface area contributed by atoms with Crippen LogP contribution in [0.3, 0.4) is 0 Å². The van der Waals surface area contributed by atoms with Crippen LogP contribution in [0.15, 0.2) is 54.9 Å². The van der Waals surface area contributed by atoms with Gasteiger partial charge in [0, 0.05) is 23.9 Å². The second kappa shape index (κ2) is 8.49. The smallest absolute Gasteiger partial charge is 0.207 e. The van der Waals surface area contributed by atoms with E-state index in [0.717, 1.165) is 35.4 Å². The van der Waals surface area contributed by atoms with Gasteiger partial charge in [0.1, 0.15) is 28.6 Å². The van der Waals surface area contributed by atoms with Crippen LogP contribution in [-0.2, 0) is 0 Å². The predicted octanol–water partition coefficient (Wildman–Crippen LogP) is 5.97. The number of rotatable bonds is 5. The number of ether oxygens (including phenoxy) is 2. The van der Waals surface area contributed by atoms with Crippen LogP contribution in [0, 0.1) is 5.82 Å². The number of nitrogens with zero attached hydrogens (tertiary/aromatic N) is 3. The summed E-state index contributed by atoms with van der Waals surface area (Å²) in [7, 11) is 1.42. The molecule has 1 aliphatic carbocycles. The molecule has 2 heterocycles. The van der Waals surface area contributed by atoms with Crippen LogP contribution in [0.4, 0.5) is 10.2 Å². The Bertz CT molecular complexity index is 1250. The molecule has 0 bridgehead atoms. The molecule has 0 aliphatic heterocycles. The molecule has 6 nitrogen and oxygen atoms in total. The molecule has 164 valence electrons. The second-order valence-electron chi connectivity index (χ2n) is 8.08. The first-order chi connectivity index (χ1) is 15.7. The normalized spacial score (nSPS) is 14.6. The zero-order valence-electron chi connectivity index (χ0n) is 17.9. The average Bonchev–Trinajstić information content (AvgIpc) is 3.23. The van der Waals surface area contributed by atoms with Gasteiger partial charge in [0.05, 0.1) is 7.11 Å². The number of nitrogen functional groups attached to an aromatic ring is 1. The summed E-state index contributed by atoms with van der Waals surface area (Å²) < 4.78 is 27.3. The minimum atomic E-state index is -0.532. The lowest BCUT2D eigenvalue weighted by molar-refractivity contribution is 0.368. The summed E-state index contributed by atoms with van der Waals surface area (Å²) in [6.45, 7) is 0. The molecule has 7 heteroatoms. The van der Waals surface area contributed by atoms with Crippen molar-refractivity contribution in [3.05, 3.63) is 66.5 Å². The summed E-state index contributed by atoms with van der Waals surface area (Å²) in [5, 5.41) is 0. The SMILES string of the molecule is COc1cccc(Oc2ccc(-c3nc(C4CCCCC4)n4ccnc(N)c34)cc2)c1F. The molecule has 32 heavy (non-hydrogen) atoms. The fourth-order valence-corrected chi connectivity index (χ4v) is 4.47. The zero-order valence-corrected chi connectivity index (χ0v) is 17.9. The summed E-state index contributed by atoms with van der Waals surface area (Å²) in [5.74, 6) is 2.15. The lowest BCUT2D eigenvalue weighted by atomic mass is 9.89. The van der Waals surface area contributed by atoms with Gasteiger partial charge in [-0.2, -0.15) is 4.39 Å². The van der Waals surface area contributed by atoms with Gasteiger partial charge in [0.25, 0.3) is 0 Å². The Kier molecular flexibility index (Phi) is 5.39. The number of methoxy groups -OCH3 is 1. The lowest BCUT2D eigenvalue weighted by Crippen LogP contribution is -2.09. The van der Waals surface area contributed by atoms with Crippen LogP contribution in [-0.4, -0.2) is 21.5 Å². The molecule has 0 unspecified atom stereocenters. The molecular formula is C25H25FN4O2. The molecule has 0 saturated heterocycles. The van der Waals surface area contributed by atoms with Gasteiger partial charge in [-0.3, -0.25) is 4.40 Å². The Hall–Kier alpha value is -3.61. The molecule has 0 amide bonds. The van der Waals surface area contributed by atoms with Crippen molar-refractivity contribution in [2.45, 2.75) is 38.0 Å². The number of halogens is 1. The van der Waals surface area contributed by atoms with E-state index in [1.54, 1.807) is 36.5 Å². The molecule has 1 saturated carbocycles. The van der Waals surface area contributed by atoms with Gasteiger partial charge in [-0.05, 0) is 49.2 Å². The Labute approximate surface area is 185 Å². The Morgan fingerprint density at radius 2 is 1.78 bits per heavy atom. The van der Waals surface area contributed by atoms with Crippen LogP contribution >= 0.6 is 0 Å². The standard InChI is InChI=1S/C25H25FN4O2/c1-31-19-8-5-9-20(21(19)26)32-18-12-10-16(11-13-18)22-23-24(27)28-14-15-30(23)25(29-22)17-6-3-2-4-7-17/h5,8-15,17H,2-4,6-7H2,1H3,(H2,27,28). The summed E-state index contributed by atoms with van der Waals surface area (Å²) in [5.41, 5.74) is 8.79. The van der Waals surface area contributed by atoms with E-state index in [1.807, 2.05) is 18.3 Å². The van der Waals surface area contributed by atoms with Crippen molar-refractivity contribution < 1.29 is 13.9 Å². The maximum absolute atomic E-state index is 14.4.